The average molecular weight is 377 g/mol. The lowest BCUT2D eigenvalue weighted by Gasteiger charge is -2.36. The Balaban J connectivity index is 1.43. The molecule has 3 amide bonds. The van der Waals surface area contributed by atoms with Gasteiger partial charge in [-0.05, 0) is 24.1 Å². The topological polar surface area (TPSA) is 70.2 Å². The number of carbonyl (C=O) groups excluding carboxylic acids is 3. The first-order valence-electron chi connectivity index (χ1n) is 9.23. The SMILES string of the molecule is O=C(CCc1ccc(F)cc1)N1CCN(C(=O)C(=O)N2CCOCC2)CC1. The number of benzene rings is 1. The van der Waals surface area contributed by atoms with Crippen LogP contribution in [0.1, 0.15) is 12.0 Å². The van der Waals surface area contributed by atoms with Crippen molar-refractivity contribution in [3.8, 4) is 0 Å². The summed E-state index contributed by atoms with van der Waals surface area (Å²) >= 11 is 0. The zero-order valence-electron chi connectivity index (χ0n) is 15.2. The number of aryl methyl sites for hydroxylation is 1. The fraction of sp³-hybridized carbons (Fsp3) is 0.526. The zero-order chi connectivity index (χ0) is 19.2. The minimum absolute atomic E-state index is 0.00549. The van der Waals surface area contributed by atoms with E-state index < -0.39 is 11.8 Å². The molecular formula is C19H24FN3O4. The van der Waals surface area contributed by atoms with E-state index in [4.69, 9.17) is 4.74 Å². The lowest BCUT2D eigenvalue weighted by Crippen LogP contribution is -2.55. The van der Waals surface area contributed by atoms with Gasteiger partial charge in [0.2, 0.25) is 5.91 Å². The van der Waals surface area contributed by atoms with Crippen LogP contribution in [0.15, 0.2) is 24.3 Å². The highest BCUT2D eigenvalue weighted by molar-refractivity contribution is 6.34. The van der Waals surface area contributed by atoms with Crippen molar-refractivity contribution in [1.29, 1.82) is 0 Å². The molecule has 3 rings (SSSR count). The van der Waals surface area contributed by atoms with Crippen molar-refractivity contribution in [2.75, 3.05) is 52.5 Å². The maximum Gasteiger partial charge on any atom is 0.312 e. The molecule has 146 valence electrons. The summed E-state index contributed by atoms with van der Waals surface area (Å²) in [6.45, 7) is 3.34. The second-order valence-electron chi connectivity index (χ2n) is 6.70. The highest BCUT2D eigenvalue weighted by atomic mass is 19.1. The Morgan fingerprint density at radius 1 is 0.815 bits per heavy atom. The second kappa shape index (κ2) is 8.94. The molecule has 2 saturated heterocycles. The zero-order valence-corrected chi connectivity index (χ0v) is 15.2. The van der Waals surface area contributed by atoms with E-state index in [1.54, 1.807) is 17.0 Å². The molecule has 7 nitrogen and oxygen atoms in total. The monoisotopic (exact) mass is 377 g/mol. The predicted octanol–water partition coefficient (Wildman–Crippen LogP) is 0.288. The first-order chi connectivity index (χ1) is 13.0. The number of morpholine rings is 1. The van der Waals surface area contributed by atoms with Crippen LogP contribution in [0.25, 0.3) is 0 Å². The van der Waals surface area contributed by atoms with Crippen LogP contribution in [0.2, 0.25) is 0 Å². The molecule has 0 radical (unpaired) electrons. The fourth-order valence-corrected chi connectivity index (χ4v) is 3.26. The van der Waals surface area contributed by atoms with Gasteiger partial charge in [0, 0.05) is 45.7 Å². The van der Waals surface area contributed by atoms with Gasteiger partial charge in [0.25, 0.3) is 0 Å². The number of rotatable bonds is 3. The molecule has 1 aromatic rings. The minimum atomic E-state index is -0.504. The van der Waals surface area contributed by atoms with Gasteiger partial charge in [0.1, 0.15) is 5.82 Å². The first kappa shape index (κ1) is 19.3. The Hall–Kier alpha value is -2.48. The van der Waals surface area contributed by atoms with Crippen LogP contribution in [-0.4, -0.2) is 84.9 Å². The first-order valence-corrected chi connectivity index (χ1v) is 9.23. The van der Waals surface area contributed by atoms with Gasteiger partial charge in [-0.25, -0.2) is 4.39 Å². The van der Waals surface area contributed by atoms with E-state index in [0.29, 0.717) is 65.3 Å². The number of piperazine rings is 1. The van der Waals surface area contributed by atoms with Crippen LogP contribution < -0.4 is 0 Å². The summed E-state index contributed by atoms with van der Waals surface area (Å²) in [4.78, 5) is 41.7. The summed E-state index contributed by atoms with van der Waals surface area (Å²) in [7, 11) is 0. The summed E-state index contributed by atoms with van der Waals surface area (Å²) in [5.74, 6) is -1.28. The molecule has 1 aromatic carbocycles. The van der Waals surface area contributed by atoms with Crippen LogP contribution in [-0.2, 0) is 25.5 Å². The standard InChI is InChI=1S/C19H24FN3O4/c20-16-4-1-15(2-5-16)3-6-17(24)21-7-9-22(10-8-21)18(25)19(26)23-11-13-27-14-12-23/h1-2,4-5H,3,6-14H2. The summed E-state index contributed by atoms with van der Waals surface area (Å²) in [5, 5.41) is 0. The van der Waals surface area contributed by atoms with Crippen LogP contribution in [0.3, 0.4) is 0 Å². The van der Waals surface area contributed by atoms with Crippen molar-refractivity contribution < 1.29 is 23.5 Å². The molecule has 2 aliphatic rings. The Morgan fingerprint density at radius 2 is 1.33 bits per heavy atom. The van der Waals surface area contributed by atoms with Crippen LogP contribution in [0.5, 0.6) is 0 Å². The molecule has 2 heterocycles. The molecule has 0 unspecified atom stereocenters. The van der Waals surface area contributed by atoms with Crippen molar-refractivity contribution in [3.05, 3.63) is 35.6 Å². The van der Waals surface area contributed by atoms with E-state index in [1.165, 1.54) is 21.9 Å². The smallest absolute Gasteiger partial charge is 0.312 e. The second-order valence-corrected chi connectivity index (χ2v) is 6.70. The predicted molar refractivity (Wildman–Crippen MR) is 95.3 cm³/mol. The lowest BCUT2D eigenvalue weighted by atomic mass is 10.1. The number of hydrogen-bond donors (Lipinski definition) is 0. The summed E-state index contributed by atoms with van der Waals surface area (Å²) in [5.41, 5.74) is 0.912. The number of nitrogens with zero attached hydrogens (tertiary/aromatic N) is 3. The van der Waals surface area contributed by atoms with Crippen LogP contribution in [0.4, 0.5) is 4.39 Å². The molecule has 0 N–H and O–H groups in total. The number of carbonyl (C=O) groups is 3. The van der Waals surface area contributed by atoms with Gasteiger partial charge in [0.15, 0.2) is 0 Å². The summed E-state index contributed by atoms with van der Waals surface area (Å²) in [6, 6.07) is 6.12. The van der Waals surface area contributed by atoms with Gasteiger partial charge in [0.05, 0.1) is 13.2 Å². The molecule has 0 spiro atoms. The molecule has 0 aromatic heterocycles. The Kier molecular flexibility index (Phi) is 6.39. The molecule has 0 aliphatic carbocycles. The highest BCUT2D eigenvalue weighted by Gasteiger charge is 2.31. The fourth-order valence-electron chi connectivity index (χ4n) is 3.26. The molecule has 2 fully saturated rings. The molecule has 0 bridgehead atoms. The number of amides is 3. The van der Waals surface area contributed by atoms with Crippen molar-refractivity contribution >= 4 is 17.7 Å². The average Bonchev–Trinajstić information content (AvgIpc) is 2.73. The normalized spacial score (nSPS) is 17.7. The Labute approximate surface area is 157 Å². The van der Waals surface area contributed by atoms with Gasteiger partial charge < -0.3 is 19.4 Å². The minimum Gasteiger partial charge on any atom is -0.378 e. The quantitative estimate of drug-likeness (QED) is 0.710. The van der Waals surface area contributed by atoms with Crippen LogP contribution in [0, 0.1) is 5.82 Å². The third-order valence-corrected chi connectivity index (χ3v) is 4.94. The molecule has 0 saturated carbocycles. The van der Waals surface area contributed by atoms with Crippen molar-refractivity contribution in [2.24, 2.45) is 0 Å². The number of halogens is 1. The lowest BCUT2D eigenvalue weighted by molar-refractivity contribution is -0.155. The third kappa shape index (κ3) is 5.03. The Bertz CT molecular complexity index is 681. The summed E-state index contributed by atoms with van der Waals surface area (Å²) < 4.78 is 18.1. The Morgan fingerprint density at radius 3 is 1.93 bits per heavy atom. The number of ether oxygens (including phenoxy) is 1. The van der Waals surface area contributed by atoms with Crippen LogP contribution >= 0.6 is 0 Å². The summed E-state index contributed by atoms with van der Waals surface area (Å²) in [6.07, 6.45) is 0.889. The van der Waals surface area contributed by atoms with E-state index in [0.717, 1.165) is 5.56 Å². The maximum absolute atomic E-state index is 12.9. The van der Waals surface area contributed by atoms with E-state index in [2.05, 4.69) is 0 Å². The van der Waals surface area contributed by atoms with Crippen molar-refractivity contribution in [2.45, 2.75) is 12.8 Å². The molecule has 0 atom stereocenters. The number of hydrogen-bond acceptors (Lipinski definition) is 4. The van der Waals surface area contributed by atoms with Gasteiger partial charge in [-0.15, -0.1) is 0 Å². The molecule has 8 heteroatoms. The third-order valence-electron chi connectivity index (χ3n) is 4.94. The van der Waals surface area contributed by atoms with E-state index in [1.807, 2.05) is 0 Å². The van der Waals surface area contributed by atoms with Gasteiger partial charge in [-0.1, -0.05) is 12.1 Å². The van der Waals surface area contributed by atoms with Gasteiger partial charge >= 0.3 is 11.8 Å². The maximum atomic E-state index is 12.9. The van der Waals surface area contributed by atoms with E-state index in [-0.39, 0.29) is 11.7 Å². The van der Waals surface area contributed by atoms with Gasteiger partial charge in [-0.2, -0.15) is 0 Å². The van der Waals surface area contributed by atoms with E-state index >= 15 is 0 Å². The highest BCUT2D eigenvalue weighted by Crippen LogP contribution is 2.10. The van der Waals surface area contributed by atoms with Gasteiger partial charge in [-0.3, -0.25) is 14.4 Å². The van der Waals surface area contributed by atoms with E-state index in [9.17, 15) is 18.8 Å². The molecule has 27 heavy (non-hydrogen) atoms. The van der Waals surface area contributed by atoms with Crippen molar-refractivity contribution in [3.63, 3.8) is 0 Å². The largest absolute Gasteiger partial charge is 0.378 e. The molecular weight excluding hydrogens is 353 g/mol. The van der Waals surface area contributed by atoms with Crippen molar-refractivity contribution in [1.82, 2.24) is 14.7 Å². The molecule has 2 aliphatic heterocycles.